The van der Waals surface area contributed by atoms with Gasteiger partial charge in [0.05, 0.1) is 12.0 Å². The topological polar surface area (TPSA) is 84.5 Å². The average molecular weight is 314 g/mol. The molecule has 1 unspecified atom stereocenters. The fraction of sp³-hybridized carbons (Fsp3) is 0.500. The lowest BCUT2D eigenvalue weighted by Crippen LogP contribution is -2.30. The van der Waals surface area contributed by atoms with Crippen molar-refractivity contribution in [2.24, 2.45) is 0 Å². The van der Waals surface area contributed by atoms with Crippen molar-refractivity contribution >= 4 is 16.0 Å². The van der Waals surface area contributed by atoms with Gasteiger partial charge in [-0.1, -0.05) is 19.1 Å². The molecule has 0 fully saturated rings. The average Bonchev–Trinajstić information content (AvgIpc) is 2.50. The minimum atomic E-state index is -3.70. The van der Waals surface area contributed by atoms with E-state index in [0.29, 0.717) is 0 Å². The number of nitrogens with one attached hydrogen (secondary N) is 2. The lowest BCUT2D eigenvalue weighted by Gasteiger charge is -2.14. The van der Waals surface area contributed by atoms with E-state index in [1.54, 1.807) is 12.1 Å². The maximum absolute atomic E-state index is 12.0. The van der Waals surface area contributed by atoms with Crippen molar-refractivity contribution in [3.8, 4) is 0 Å². The highest BCUT2D eigenvalue weighted by atomic mass is 32.2. The van der Waals surface area contributed by atoms with Gasteiger partial charge in [-0.25, -0.2) is 8.42 Å². The normalized spacial score (nSPS) is 12.9. The maximum atomic E-state index is 12.0. The van der Waals surface area contributed by atoms with Gasteiger partial charge in [-0.3, -0.25) is 4.79 Å². The molecular weight excluding hydrogens is 292 g/mol. The summed E-state index contributed by atoms with van der Waals surface area (Å²) >= 11 is 0. The molecule has 0 radical (unpaired) electrons. The van der Waals surface area contributed by atoms with E-state index in [1.807, 2.05) is 6.92 Å². The summed E-state index contributed by atoms with van der Waals surface area (Å²) in [6.45, 7) is 4.63. The van der Waals surface area contributed by atoms with E-state index in [-0.39, 0.29) is 17.5 Å². The largest absolute Gasteiger partial charge is 0.468 e. The maximum Gasteiger partial charge on any atom is 0.320 e. The molecule has 0 spiro atoms. The molecule has 118 valence electrons. The van der Waals surface area contributed by atoms with E-state index in [1.165, 1.54) is 19.2 Å². The lowest BCUT2D eigenvalue weighted by atomic mass is 10.1. The van der Waals surface area contributed by atoms with Gasteiger partial charge >= 0.3 is 5.97 Å². The third-order valence-corrected chi connectivity index (χ3v) is 4.44. The zero-order valence-electron chi connectivity index (χ0n) is 12.5. The van der Waals surface area contributed by atoms with Crippen molar-refractivity contribution in [2.75, 3.05) is 20.2 Å². The number of carbonyl (C=O) groups is 1. The van der Waals surface area contributed by atoms with Gasteiger partial charge in [0.15, 0.2) is 0 Å². The van der Waals surface area contributed by atoms with Crippen LogP contribution < -0.4 is 10.0 Å². The Morgan fingerprint density at radius 2 is 1.90 bits per heavy atom. The Kier molecular flexibility index (Phi) is 6.80. The summed E-state index contributed by atoms with van der Waals surface area (Å²) in [5.74, 6) is -0.632. The number of hydrogen-bond donors (Lipinski definition) is 2. The summed E-state index contributed by atoms with van der Waals surface area (Å²) in [5, 5.41) is 3.33. The lowest BCUT2D eigenvalue weighted by molar-refractivity contribution is -0.139. The second-order valence-electron chi connectivity index (χ2n) is 4.65. The van der Waals surface area contributed by atoms with Crippen molar-refractivity contribution < 1.29 is 17.9 Å². The van der Waals surface area contributed by atoms with Crippen LogP contribution in [0.3, 0.4) is 0 Å². The van der Waals surface area contributed by atoms with Crippen LogP contribution in [0, 0.1) is 0 Å². The van der Waals surface area contributed by atoms with Gasteiger partial charge in [-0.05, 0) is 37.6 Å². The van der Waals surface area contributed by atoms with Gasteiger partial charge in [0.2, 0.25) is 10.0 Å². The first-order valence-electron chi connectivity index (χ1n) is 6.80. The SMILES string of the molecule is CCCNC(C)c1ccc(S(=O)(=O)NCC(=O)OC)cc1. The predicted octanol–water partition coefficient (Wildman–Crippen LogP) is 1.20. The Morgan fingerprint density at radius 3 is 2.43 bits per heavy atom. The summed E-state index contributed by atoms with van der Waals surface area (Å²) < 4.78 is 30.5. The Morgan fingerprint density at radius 1 is 1.29 bits per heavy atom. The highest BCUT2D eigenvalue weighted by Crippen LogP contribution is 2.16. The Bertz CT molecular complexity index is 555. The Balaban J connectivity index is 2.74. The molecule has 1 rings (SSSR count). The molecule has 7 heteroatoms. The van der Waals surface area contributed by atoms with Gasteiger partial charge in [-0.2, -0.15) is 4.72 Å². The number of sulfonamides is 1. The standard InChI is InChI=1S/C14H22N2O4S/c1-4-9-15-11(2)12-5-7-13(8-6-12)21(18,19)16-10-14(17)20-3/h5-8,11,15-16H,4,9-10H2,1-3H3. The van der Waals surface area contributed by atoms with Crippen molar-refractivity contribution in [1.29, 1.82) is 0 Å². The Hall–Kier alpha value is -1.44. The first kappa shape index (κ1) is 17.6. The van der Waals surface area contributed by atoms with E-state index < -0.39 is 16.0 Å². The van der Waals surface area contributed by atoms with Crippen LogP contribution in [0.2, 0.25) is 0 Å². The van der Waals surface area contributed by atoms with Gasteiger partial charge in [-0.15, -0.1) is 0 Å². The third kappa shape index (κ3) is 5.45. The van der Waals surface area contributed by atoms with Gasteiger partial charge < -0.3 is 10.1 Å². The van der Waals surface area contributed by atoms with Crippen LogP contribution in [-0.2, 0) is 19.6 Å². The van der Waals surface area contributed by atoms with E-state index >= 15 is 0 Å². The van der Waals surface area contributed by atoms with E-state index in [2.05, 4.69) is 21.7 Å². The van der Waals surface area contributed by atoms with Crippen molar-refractivity contribution in [3.05, 3.63) is 29.8 Å². The van der Waals surface area contributed by atoms with Crippen LogP contribution in [0.15, 0.2) is 29.2 Å². The minimum absolute atomic E-state index is 0.123. The minimum Gasteiger partial charge on any atom is -0.468 e. The second kappa shape index (κ2) is 8.11. The first-order valence-corrected chi connectivity index (χ1v) is 8.29. The van der Waals surface area contributed by atoms with Gasteiger partial charge in [0.25, 0.3) is 0 Å². The van der Waals surface area contributed by atoms with E-state index in [4.69, 9.17) is 0 Å². The summed E-state index contributed by atoms with van der Waals surface area (Å²) in [4.78, 5) is 11.1. The Labute approximate surface area is 125 Å². The quantitative estimate of drug-likeness (QED) is 0.704. The summed E-state index contributed by atoms with van der Waals surface area (Å²) in [6.07, 6.45) is 1.04. The molecule has 1 aromatic rings. The molecule has 0 aromatic heterocycles. The molecule has 21 heavy (non-hydrogen) atoms. The molecule has 1 aromatic carbocycles. The van der Waals surface area contributed by atoms with Crippen LogP contribution in [0.5, 0.6) is 0 Å². The number of hydrogen-bond acceptors (Lipinski definition) is 5. The number of esters is 1. The highest BCUT2D eigenvalue weighted by molar-refractivity contribution is 7.89. The van der Waals surface area contributed by atoms with Crippen LogP contribution in [0.25, 0.3) is 0 Å². The zero-order chi connectivity index (χ0) is 15.9. The van der Waals surface area contributed by atoms with Crippen LogP contribution in [-0.4, -0.2) is 34.6 Å². The molecule has 2 N–H and O–H groups in total. The molecule has 0 aliphatic heterocycles. The molecule has 0 amide bonds. The zero-order valence-corrected chi connectivity index (χ0v) is 13.4. The molecule has 0 heterocycles. The summed E-state index contributed by atoms with van der Waals surface area (Å²) in [7, 11) is -2.49. The van der Waals surface area contributed by atoms with Gasteiger partial charge in [0, 0.05) is 6.04 Å². The number of ether oxygens (including phenoxy) is 1. The van der Waals surface area contributed by atoms with Gasteiger partial charge in [0.1, 0.15) is 6.54 Å². The third-order valence-electron chi connectivity index (χ3n) is 3.03. The fourth-order valence-corrected chi connectivity index (χ4v) is 2.69. The number of benzene rings is 1. The molecule has 0 saturated heterocycles. The summed E-state index contributed by atoms with van der Waals surface area (Å²) in [5.41, 5.74) is 1.01. The molecule has 0 aliphatic rings. The van der Waals surface area contributed by atoms with Crippen LogP contribution in [0.1, 0.15) is 31.9 Å². The smallest absolute Gasteiger partial charge is 0.320 e. The molecular formula is C14H22N2O4S. The monoisotopic (exact) mass is 314 g/mol. The van der Waals surface area contributed by atoms with Crippen LogP contribution >= 0.6 is 0 Å². The van der Waals surface area contributed by atoms with Crippen molar-refractivity contribution in [1.82, 2.24) is 10.0 Å². The highest BCUT2D eigenvalue weighted by Gasteiger charge is 2.16. The molecule has 0 bridgehead atoms. The van der Waals surface area contributed by atoms with Crippen molar-refractivity contribution in [2.45, 2.75) is 31.2 Å². The predicted molar refractivity (Wildman–Crippen MR) is 80.4 cm³/mol. The molecule has 0 aliphatic carbocycles. The molecule has 1 atom stereocenters. The number of rotatable bonds is 8. The number of carbonyl (C=O) groups excluding carboxylic acids is 1. The second-order valence-corrected chi connectivity index (χ2v) is 6.41. The van der Waals surface area contributed by atoms with Crippen molar-refractivity contribution in [3.63, 3.8) is 0 Å². The number of methoxy groups -OCH3 is 1. The van der Waals surface area contributed by atoms with Crippen LogP contribution in [0.4, 0.5) is 0 Å². The summed E-state index contributed by atoms with van der Waals surface area (Å²) in [6, 6.07) is 6.74. The molecule has 6 nitrogen and oxygen atoms in total. The van der Waals surface area contributed by atoms with E-state index in [9.17, 15) is 13.2 Å². The van der Waals surface area contributed by atoms with E-state index in [0.717, 1.165) is 18.5 Å². The molecule has 0 saturated carbocycles. The fourth-order valence-electron chi connectivity index (χ4n) is 1.72. The first-order chi connectivity index (χ1) is 9.90.